The first kappa shape index (κ1) is 15.3. The maximum absolute atomic E-state index is 13.3. The van der Waals surface area contributed by atoms with E-state index in [1.54, 1.807) is 0 Å². The first-order chi connectivity index (χ1) is 9.86. The van der Waals surface area contributed by atoms with Gasteiger partial charge in [0, 0.05) is 22.3 Å². The standard InChI is InChI=1S/C12H6BrClFN3O3/c13-7-3-10(11(14)16-5-7)17-12(19)6-1-8(15)4-9(2-6)18(20)21/h1-5H,(H,17,19). The average Bonchev–Trinajstić information content (AvgIpc) is 2.42. The topological polar surface area (TPSA) is 85.1 Å². The molecule has 1 N–H and O–H groups in total. The van der Waals surface area contributed by atoms with E-state index in [0.717, 1.165) is 18.2 Å². The number of carbonyl (C=O) groups excluding carboxylic acids is 1. The van der Waals surface area contributed by atoms with Gasteiger partial charge in [-0.1, -0.05) is 11.6 Å². The van der Waals surface area contributed by atoms with Crippen molar-refractivity contribution in [2.45, 2.75) is 0 Å². The van der Waals surface area contributed by atoms with E-state index in [9.17, 15) is 19.3 Å². The van der Waals surface area contributed by atoms with Gasteiger partial charge in [-0.15, -0.1) is 0 Å². The van der Waals surface area contributed by atoms with Gasteiger partial charge in [-0.3, -0.25) is 14.9 Å². The number of hydrogen-bond acceptors (Lipinski definition) is 4. The lowest BCUT2D eigenvalue weighted by Crippen LogP contribution is -2.13. The molecule has 0 unspecified atom stereocenters. The molecule has 1 amide bonds. The second-order valence-corrected chi connectivity index (χ2v) is 5.17. The summed E-state index contributed by atoms with van der Waals surface area (Å²) in [6.45, 7) is 0. The highest BCUT2D eigenvalue weighted by Crippen LogP contribution is 2.24. The van der Waals surface area contributed by atoms with E-state index in [1.807, 2.05) is 0 Å². The van der Waals surface area contributed by atoms with Gasteiger partial charge in [-0.2, -0.15) is 0 Å². The van der Waals surface area contributed by atoms with Crippen molar-refractivity contribution in [2.24, 2.45) is 0 Å². The zero-order valence-electron chi connectivity index (χ0n) is 10.1. The quantitative estimate of drug-likeness (QED) is 0.503. The summed E-state index contributed by atoms with van der Waals surface area (Å²) >= 11 is 8.97. The molecule has 21 heavy (non-hydrogen) atoms. The Bertz CT molecular complexity index is 742. The van der Waals surface area contributed by atoms with Gasteiger partial charge in [0.15, 0.2) is 5.15 Å². The summed E-state index contributed by atoms with van der Waals surface area (Å²) in [7, 11) is 0. The monoisotopic (exact) mass is 373 g/mol. The van der Waals surface area contributed by atoms with Crippen molar-refractivity contribution < 1.29 is 14.1 Å². The van der Waals surface area contributed by atoms with E-state index >= 15 is 0 Å². The summed E-state index contributed by atoms with van der Waals surface area (Å²) in [4.78, 5) is 25.7. The van der Waals surface area contributed by atoms with Crippen molar-refractivity contribution in [1.82, 2.24) is 4.98 Å². The molecular formula is C12H6BrClFN3O3. The minimum Gasteiger partial charge on any atom is -0.319 e. The fourth-order valence-corrected chi connectivity index (χ4v) is 2.00. The Labute approximate surface area is 131 Å². The van der Waals surface area contributed by atoms with Gasteiger partial charge in [-0.05, 0) is 28.1 Å². The molecule has 0 aliphatic heterocycles. The lowest BCUT2D eigenvalue weighted by Gasteiger charge is -2.07. The number of nitrogens with zero attached hydrogens (tertiary/aromatic N) is 2. The number of nitrogens with one attached hydrogen (secondary N) is 1. The van der Waals surface area contributed by atoms with E-state index in [0.29, 0.717) is 4.47 Å². The molecule has 2 rings (SSSR count). The molecule has 0 saturated heterocycles. The number of non-ortho nitro benzene ring substituents is 1. The van der Waals surface area contributed by atoms with Crippen LogP contribution >= 0.6 is 27.5 Å². The number of anilines is 1. The van der Waals surface area contributed by atoms with Crippen LogP contribution in [0.5, 0.6) is 0 Å². The van der Waals surface area contributed by atoms with Crippen LogP contribution in [-0.2, 0) is 0 Å². The number of aromatic nitrogens is 1. The summed E-state index contributed by atoms with van der Waals surface area (Å²) in [5, 5.41) is 13.1. The average molecular weight is 375 g/mol. The summed E-state index contributed by atoms with van der Waals surface area (Å²) in [6, 6.07) is 4.09. The highest BCUT2D eigenvalue weighted by atomic mass is 79.9. The Balaban J connectivity index is 2.32. The Morgan fingerprint density at radius 2 is 2.10 bits per heavy atom. The van der Waals surface area contributed by atoms with E-state index in [2.05, 4.69) is 26.2 Å². The third-order valence-electron chi connectivity index (χ3n) is 2.41. The molecule has 9 heteroatoms. The Morgan fingerprint density at radius 1 is 1.38 bits per heavy atom. The normalized spacial score (nSPS) is 10.2. The van der Waals surface area contributed by atoms with Crippen molar-refractivity contribution in [3.63, 3.8) is 0 Å². The fraction of sp³-hybridized carbons (Fsp3) is 0. The Morgan fingerprint density at radius 3 is 2.76 bits per heavy atom. The molecule has 2 aromatic rings. The van der Waals surface area contributed by atoms with Gasteiger partial charge in [0.1, 0.15) is 5.82 Å². The van der Waals surface area contributed by atoms with Crippen LogP contribution in [0.4, 0.5) is 15.8 Å². The number of pyridine rings is 1. The summed E-state index contributed by atoms with van der Waals surface area (Å²) in [5.74, 6) is -1.62. The number of nitro groups is 1. The molecule has 0 aliphatic carbocycles. The van der Waals surface area contributed by atoms with Crippen LogP contribution in [0.1, 0.15) is 10.4 Å². The molecule has 1 aromatic heterocycles. The fourth-order valence-electron chi connectivity index (χ4n) is 1.52. The molecule has 1 aromatic carbocycles. The third-order valence-corrected chi connectivity index (χ3v) is 3.14. The maximum Gasteiger partial charge on any atom is 0.273 e. The number of hydrogen-bond donors (Lipinski definition) is 1. The molecule has 0 aliphatic rings. The molecule has 108 valence electrons. The summed E-state index contributed by atoms with van der Waals surface area (Å²) < 4.78 is 13.9. The molecule has 0 spiro atoms. The van der Waals surface area contributed by atoms with Gasteiger partial charge in [0.05, 0.1) is 16.7 Å². The van der Waals surface area contributed by atoms with Crippen LogP contribution in [0.25, 0.3) is 0 Å². The lowest BCUT2D eigenvalue weighted by atomic mass is 10.2. The molecule has 0 bridgehead atoms. The van der Waals surface area contributed by atoms with Crippen molar-refractivity contribution in [3.05, 3.63) is 61.6 Å². The van der Waals surface area contributed by atoms with Crippen LogP contribution in [0.15, 0.2) is 34.9 Å². The molecule has 1 heterocycles. The summed E-state index contributed by atoms with van der Waals surface area (Å²) in [6.07, 6.45) is 1.44. The number of carbonyl (C=O) groups is 1. The van der Waals surface area contributed by atoms with Crippen LogP contribution < -0.4 is 5.32 Å². The van der Waals surface area contributed by atoms with Crippen molar-refractivity contribution in [2.75, 3.05) is 5.32 Å². The molecular weight excluding hydrogens is 369 g/mol. The highest BCUT2D eigenvalue weighted by molar-refractivity contribution is 9.10. The van der Waals surface area contributed by atoms with Crippen LogP contribution in [0.3, 0.4) is 0 Å². The largest absolute Gasteiger partial charge is 0.319 e. The predicted octanol–water partition coefficient (Wildman–Crippen LogP) is 3.80. The van der Waals surface area contributed by atoms with E-state index in [4.69, 9.17) is 11.6 Å². The maximum atomic E-state index is 13.3. The zero-order chi connectivity index (χ0) is 15.6. The second-order valence-electron chi connectivity index (χ2n) is 3.90. The van der Waals surface area contributed by atoms with Crippen molar-refractivity contribution >= 4 is 44.8 Å². The Hall–Kier alpha value is -2.06. The van der Waals surface area contributed by atoms with E-state index in [1.165, 1.54) is 12.3 Å². The number of halogens is 3. The van der Waals surface area contributed by atoms with Crippen LogP contribution in [-0.4, -0.2) is 15.8 Å². The van der Waals surface area contributed by atoms with Crippen molar-refractivity contribution in [1.29, 1.82) is 0 Å². The predicted molar refractivity (Wildman–Crippen MR) is 78.0 cm³/mol. The smallest absolute Gasteiger partial charge is 0.273 e. The molecule has 0 fully saturated rings. The minimum absolute atomic E-state index is 0.0393. The Kier molecular flexibility index (Phi) is 4.49. The SMILES string of the molecule is O=C(Nc1cc(Br)cnc1Cl)c1cc(F)cc([N+](=O)[O-])c1. The van der Waals surface area contributed by atoms with E-state index < -0.39 is 22.3 Å². The van der Waals surface area contributed by atoms with Gasteiger partial charge in [0.2, 0.25) is 0 Å². The molecule has 0 atom stereocenters. The number of rotatable bonds is 3. The number of benzene rings is 1. The first-order valence-electron chi connectivity index (χ1n) is 5.44. The zero-order valence-corrected chi connectivity index (χ0v) is 12.5. The van der Waals surface area contributed by atoms with Crippen LogP contribution in [0, 0.1) is 15.9 Å². The number of amides is 1. The summed E-state index contributed by atoms with van der Waals surface area (Å²) in [5.41, 5.74) is -0.515. The molecule has 0 radical (unpaired) electrons. The molecule has 6 nitrogen and oxygen atoms in total. The van der Waals surface area contributed by atoms with Crippen LogP contribution in [0.2, 0.25) is 5.15 Å². The molecule has 0 saturated carbocycles. The first-order valence-corrected chi connectivity index (χ1v) is 6.61. The van der Waals surface area contributed by atoms with Gasteiger partial charge >= 0.3 is 0 Å². The van der Waals surface area contributed by atoms with Gasteiger partial charge in [0.25, 0.3) is 11.6 Å². The van der Waals surface area contributed by atoms with Crippen molar-refractivity contribution in [3.8, 4) is 0 Å². The minimum atomic E-state index is -0.882. The third kappa shape index (κ3) is 3.73. The highest BCUT2D eigenvalue weighted by Gasteiger charge is 2.16. The lowest BCUT2D eigenvalue weighted by molar-refractivity contribution is -0.385. The number of nitro benzene ring substituents is 1. The second kappa shape index (κ2) is 6.15. The van der Waals surface area contributed by atoms with Gasteiger partial charge < -0.3 is 5.32 Å². The van der Waals surface area contributed by atoms with E-state index in [-0.39, 0.29) is 16.4 Å². The van der Waals surface area contributed by atoms with Gasteiger partial charge in [-0.25, -0.2) is 9.37 Å².